The van der Waals surface area contributed by atoms with Crippen molar-refractivity contribution in [3.63, 3.8) is 0 Å². The van der Waals surface area contributed by atoms with Crippen molar-refractivity contribution >= 4 is 11.9 Å². The summed E-state index contributed by atoms with van der Waals surface area (Å²) in [5.41, 5.74) is 5.62. The molecule has 0 aromatic carbocycles. The highest BCUT2D eigenvalue weighted by molar-refractivity contribution is 5.90. The maximum Gasteiger partial charge on any atom is 0.330 e. The van der Waals surface area contributed by atoms with E-state index in [4.69, 9.17) is 10.5 Å². The number of ether oxygens (including phenoxy) is 1. The second kappa shape index (κ2) is 5.96. The van der Waals surface area contributed by atoms with E-state index in [1.54, 1.807) is 0 Å². The molecular weight excluding hydrogens is 208 g/mol. The van der Waals surface area contributed by atoms with Crippen LogP contribution in [0.15, 0.2) is 0 Å². The van der Waals surface area contributed by atoms with E-state index in [0.717, 1.165) is 19.4 Å². The van der Waals surface area contributed by atoms with Crippen molar-refractivity contribution in [2.75, 3.05) is 6.54 Å². The van der Waals surface area contributed by atoms with Crippen LogP contribution >= 0.6 is 0 Å². The van der Waals surface area contributed by atoms with Crippen LogP contribution in [0.25, 0.3) is 0 Å². The lowest BCUT2D eigenvalue weighted by Crippen LogP contribution is -2.40. The van der Waals surface area contributed by atoms with Crippen LogP contribution in [0.3, 0.4) is 0 Å². The number of esters is 2. The lowest BCUT2D eigenvalue weighted by Gasteiger charge is -2.14. The van der Waals surface area contributed by atoms with E-state index in [1.165, 1.54) is 0 Å². The summed E-state index contributed by atoms with van der Waals surface area (Å²) in [5.74, 6) is -0.809. The zero-order chi connectivity index (χ0) is 12.1. The van der Waals surface area contributed by atoms with E-state index in [2.05, 4.69) is 5.32 Å². The molecule has 0 unspecified atom stereocenters. The number of nitrogens with one attached hydrogen (secondary N) is 1. The van der Waals surface area contributed by atoms with Gasteiger partial charge in [-0.25, -0.2) is 9.59 Å². The van der Waals surface area contributed by atoms with Crippen molar-refractivity contribution in [2.24, 2.45) is 11.7 Å². The van der Waals surface area contributed by atoms with Crippen molar-refractivity contribution < 1.29 is 14.3 Å². The lowest BCUT2D eigenvalue weighted by atomic mass is 10.1. The summed E-state index contributed by atoms with van der Waals surface area (Å²) in [6.07, 6.45) is 2.20. The number of rotatable bonds is 4. The van der Waals surface area contributed by atoms with Crippen molar-refractivity contribution in [2.45, 2.75) is 45.2 Å². The molecular formula is C11H20N2O3. The van der Waals surface area contributed by atoms with Gasteiger partial charge < -0.3 is 15.8 Å². The van der Waals surface area contributed by atoms with E-state index in [-0.39, 0.29) is 6.04 Å². The third-order valence-corrected chi connectivity index (χ3v) is 2.57. The first-order valence-electron chi connectivity index (χ1n) is 5.75. The highest BCUT2D eigenvalue weighted by atomic mass is 16.6. The summed E-state index contributed by atoms with van der Waals surface area (Å²) < 4.78 is 4.73. The topological polar surface area (TPSA) is 81.4 Å². The van der Waals surface area contributed by atoms with Crippen LogP contribution in [0.4, 0.5) is 0 Å². The Kier molecular flexibility index (Phi) is 4.89. The summed E-state index contributed by atoms with van der Waals surface area (Å²) in [6.45, 7) is 4.73. The van der Waals surface area contributed by atoms with E-state index in [9.17, 15) is 9.59 Å². The Morgan fingerprint density at radius 3 is 2.69 bits per heavy atom. The molecule has 5 heteroatoms. The molecule has 0 bridgehead atoms. The third kappa shape index (κ3) is 3.90. The molecule has 5 nitrogen and oxygen atoms in total. The van der Waals surface area contributed by atoms with Crippen molar-refractivity contribution in [3.8, 4) is 0 Å². The monoisotopic (exact) mass is 228 g/mol. The van der Waals surface area contributed by atoms with Gasteiger partial charge in [0.2, 0.25) is 0 Å². The minimum absolute atomic E-state index is 0.308. The Balaban J connectivity index is 2.35. The zero-order valence-electron chi connectivity index (χ0n) is 9.86. The quantitative estimate of drug-likeness (QED) is 0.530. The molecule has 0 aromatic rings. The van der Waals surface area contributed by atoms with Gasteiger partial charge in [0.25, 0.3) is 0 Å². The minimum atomic E-state index is -0.703. The van der Waals surface area contributed by atoms with Crippen LogP contribution < -0.4 is 11.1 Å². The molecule has 1 aliphatic rings. The molecule has 1 fully saturated rings. The van der Waals surface area contributed by atoms with Crippen LogP contribution in [0.1, 0.15) is 33.1 Å². The Labute approximate surface area is 95.7 Å². The van der Waals surface area contributed by atoms with Crippen molar-refractivity contribution in [3.05, 3.63) is 0 Å². The number of carbonyl (C=O) groups is 2. The molecule has 0 aliphatic carbocycles. The lowest BCUT2D eigenvalue weighted by molar-refractivity contribution is -0.162. The predicted molar refractivity (Wildman–Crippen MR) is 59.6 cm³/mol. The second-order valence-electron chi connectivity index (χ2n) is 4.63. The molecule has 0 aromatic heterocycles. The molecule has 0 saturated carbocycles. The van der Waals surface area contributed by atoms with Crippen LogP contribution in [0.2, 0.25) is 0 Å². The second-order valence-corrected chi connectivity index (χ2v) is 4.63. The normalized spacial score (nSPS) is 22.1. The maximum atomic E-state index is 11.5. The fraction of sp³-hybridized carbons (Fsp3) is 0.818. The van der Waals surface area contributed by atoms with Gasteiger partial charge in [0.15, 0.2) is 0 Å². The third-order valence-electron chi connectivity index (χ3n) is 2.57. The summed E-state index contributed by atoms with van der Waals surface area (Å²) in [5, 5.41) is 2.97. The first kappa shape index (κ1) is 13.1. The average Bonchev–Trinajstić information content (AvgIpc) is 2.68. The predicted octanol–water partition coefficient (Wildman–Crippen LogP) is 0.182. The number of carbonyl (C=O) groups excluding carboxylic acids is 2. The van der Waals surface area contributed by atoms with E-state index >= 15 is 0 Å². The van der Waals surface area contributed by atoms with E-state index in [0.29, 0.717) is 12.3 Å². The first-order valence-corrected chi connectivity index (χ1v) is 5.75. The van der Waals surface area contributed by atoms with Crippen LogP contribution in [0, 0.1) is 5.92 Å². The SMILES string of the molecule is CC(C)C[C@H](N)C(=O)OC(=O)[C@H]1CCCN1. The molecule has 0 amide bonds. The van der Waals surface area contributed by atoms with Gasteiger partial charge in [-0.1, -0.05) is 13.8 Å². The van der Waals surface area contributed by atoms with Crippen molar-refractivity contribution in [1.82, 2.24) is 5.32 Å². The minimum Gasteiger partial charge on any atom is -0.391 e. The zero-order valence-corrected chi connectivity index (χ0v) is 9.86. The molecule has 0 spiro atoms. The molecule has 0 radical (unpaired) electrons. The number of hydrogen-bond donors (Lipinski definition) is 2. The van der Waals surface area contributed by atoms with Gasteiger partial charge in [-0.05, 0) is 31.7 Å². The van der Waals surface area contributed by atoms with Crippen molar-refractivity contribution in [1.29, 1.82) is 0 Å². The fourth-order valence-electron chi connectivity index (χ4n) is 1.74. The Hall–Kier alpha value is -0.940. The Morgan fingerprint density at radius 1 is 1.50 bits per heavy atom. The van der Waals surface area contributed by atoms with Crippen LogP contribution in [0.5, 0.6) is 0 Å². The maximum absolute atomic E-state index is 11.5. The number of nitrogens with two attached hydrogens (primary N) is 1. The molecule has 1 aliphatic heterocycles. The van der Waals surface area contributed by atoms with E-state index in [1.807, 2.05) is 13.8 Å². The highest BCUT2D eigenvalue weighted by Crippen LogP contribution is 2.09. The molecule has 16 heavy (non-hydrogen) atoms. The highest BCUT2D eigenvalue weighted by Gasteiger charge is 2.27. The fourth-order valence-corrected chi connectivity index (χ4v) is 1.74. The van der Waals surface area contributed by atoms with E-state index < -0.39 is 18.0 Å². The number of hydrogen-bond acceptors (Lipinski definition) is 5. The summed E-state index contributed by atoms with van der Waals surface area (Å²) in [6, 6.07) is -1.04. The van der Waals surface area contributed by atoms with Gasteiger partial charge in [0.05, 0.1) is 0 Å². The molecule has 1 rings (SSSR count). The largest absolute Gasteiger partial charge is 0.391 e. The molecule has 1 heterocycles. The van der Waals surface area contributed by atoms with Crippen LogP contribution in [-0.4, -0.2) is 30.6 Å². The van der Waals surface area contributed by atoms with Gasteiger partial charge in [0, 0.05) is 0 Å². The summed E-state index contributed by atoms with van der Waals surface area (Å²) >= 11 is 0. The molecule has 1 saturated heterocycles. The van der Waals surface area contributed by atoms with Gasteiger partial charge in [0.1, 0.15) is 12.1 Å². The Bertz CT molecular complexity index is 260. The van der Waals surface area contributed by atoms with Gasteiger partial charge in [-0.3, -0.25) is 0 Å². The Morgan fingerprint density at radius 2 is 2.19 bits per heavy atom. The summed E-state index contributed by atoms with van der Waals surface area (Å²) in [4.78, 5) is 22.9. The van der Waals surface area contributed by atoms with Gasteiger partial charge in [-0.15, -0.1) is 0 Å². The summed E-state index contributed by atoms with van der Waals surface area (Å²) in [7, 11) is 0. The van der Waals surface area contributed by atoms with Gasteiger partial charge in [-0.2, -0.15) is 0 Å². The standard InChI is InChI=1S/C11H20N2O3/c1-7(2)6-8(12)10(14)16-11(15)9-4-3-5-13-9/h7-9,13H,3-6,12H2,1-2H3/t8-,9+/m0/s1. The average molecular weight is 228 g/mol. The molecule has 2 atom stereocenters. The van der Waals surface area contributed by atoms with Gasteiger partial charge >= 0.3 is 11.9 Å². The molecule has 92 valence electrons. The molecule has 3 N–H and O–H groups in total. The van der Waals surface area contributed by atoms with Crippen LogP contribution in [-0.2, 0) is 14.3 Å². The first-order chi connectivity index (χ1) is 7.50. The smallest absolute Gasteiger partial charge is 0.330 e.